The van der Waals surface area contributed by atoms with Gasteiger partial charge in [0, 0.05) is 0 Å². The smallest absolute Gasteiger partial charge is 0.191 e. The quantitative estimate of drug-likeness (QED) is 0.849. The van der Waals surface area contributed by atoms with E-state index in [0.717, 1.165) is 0 Å². The topological polar surface area (TPSA) is 67.2 Å². The molecule has 0 spiro atoms. The number of hydrogen-bond donors (Lipinski definition) is 0. The number of thiophene rings is 1. The first-order chi connectivity index (χ1) is 9.13. The summed E-state index contributed by atoms with van der Waals surface area (Å²) < 4.78 is 29.5. The normalized spacial score (nSPS) is 10.9. The Balaban J connectivity index is 2.00. The van der Waals surface area contributed by atoms with Crippen molar-refractivity contribution in [2.75, 3.05) is 12.4 Å². The molecule has 98 valence electrons. The zero-order valence-electron chi connectivity index (χ0n) is 9.94. The van der Waals surface area contributed by atoms with Crippen LogP contribution < -0.4 is 4.74 Å². The first kappa shape index (κ1) is 13.6. The molecule has 2 rings (SSSR count). The average molecular weight is 293 g/mol. The highest BCUT2D eigenvalue weighted by molar-refractivity contribution is 7.93. The predicted molar refractivity (Wildman–Crippen MR) is 73.0 cm³/mol. The Labute approximate surface area is 115 Å². The van der Waals surface area contributed by atoms with Gasteiger partial charge in [0.05, 0.1) is 11.3 Å². The Hall–Kier alpha value is -1.84. The van der Waals surface area contributed by atoms with Crippen LogP contribution in [0.4, 0.5) is 0 Å². The maximum atomic E-state index is 11.9. The first-order valence-electron chi connectivity index (χ1n) is 5.52. The first-order valence-corrected chi connectivity index (χ1v) is 8.05. The second-order valence-electron chi connectivity index (χ2n) is 3.71. The van der Waals surface area contributed by atoms with Crippen LogP contribution in [0, 0.1) is 11.3 Å². The number of sulfone groups is 1. The molecule has 0 saturated carbocycles. The van der Waals surface area contributed by atoms with E-state index in [2.05, 4.69) is 0 Å². The molecular formula is C13H11NO3S2. The molecule has 1 aromatic carbocycles. The van der Waals surface area contributed by atoms with Crippen LogP contribution >= 0.6 is 11.3 Å². The van der Waals surface area contributed by atoms with E-state index in [0.29, 0.717) is 15.5 Å². The molecule has 6 heteroatoms. The van der Waals surface area contributed by atoms with Crippen LogP contribution in [0.5, 0.6) is 5.75 Å². The molecule has 0 unspecified atom stereocenters. The van der Waals surface area contributed by atoms with E-state index in [1.165, 1.54) is 11.3 Å². The molecule has 1 heterocycles. The fourth-order valence-corrected chi connectivity index (χ4v) is 3.73. The van der Waals surface area contributed by atoms with Crippen molar-refractivity contribution in [3.05, 3.63) is 47.3 Å². The molecule has 0 aliphatic rings. The molecule has 0 aliphatic heterocycles. The molecule has 0 saturated heterocycles. The molecule has 0 atom stereocenters. The van der Waals surface area contributed by atoms with Gasteiger partial charge in [-0.2, -0.15) is 5.26 Å². The van der Waals surface area contributed by atoms with Crippen LogP contribution in [0.25, 0.3) is 0 Å². The number of hydrogen-bond acceptors (Lipinski definition) is 5. The Morgan fingerprint density at radius 1 is 1.21 bits per heavy atom. The lowest BCUT2D eigenvalue weighted by Crippen LogP contribution is -2.13. The maximum Gasteiger partial charge on any atom is 0.191 e. The predicted octanol–water partition coefficient (Wildman–Crippen LogP) is 2.47. The van der Waals surface area contributed by atoms with Crippen molar-refractivity contribution in [1.29, 1.82) is 5.26 Å². The van der Waals surface area contributed by atoms with E-state index in [4.69, 9.17) is 10.00 Å². The molecular weight excluding hydrogens is 282 g/mol. The van der Waals surface area contributed by atoms with Gasteiger partial charge in [-0.3, -0.25) is 0 Å². The molecule has 19 heavy (non-hydrogen) atoms. The molecule has 0 amide bonds. The van der Waals surface area contributed by atoms with Crippen LogP contribution in [0.1, 0.15) is 5.56 Å². The fourth-order valence-electron chi connectivity index (χ4n) is 1.49. The highest BCUT2D eigenvalue weighted by Crippen LogP contribution is 2.19. The molecule has 0 aliphatic carbocycles. The van der Waals surface area contributed by atoms with Crippen molar-refractivity contribution in [2.45, 2.75) is 4.21 Å². The fraction of sp³-hybridized carbons (Fsp3) is 0.154. The van der Waals surface area contributed by atoms with E-state index in [9.17, 15) is 8.42 Å². The highest BCUT2D eigenvalue weighted by Gasteiger charge is 2.15. The summed E-state index contributed by atoms with van der Waals surface area (Å²) in [5.41, 5.74) is 0.399. The third-order valence-electron chi connectivity index (χ3n) is 2.42. The number of rotatable bonds is 5. The minimum Gasteiger partial charge on any atom is -0.491 e. The maximum absolute atomic E-state index is 11.9. The number of nitriles is 1. The van der Waals surface area contributed by atoms with Gasteiger partial charge >= 0.3 is 0 Å². The second kappa shape index (κ2) is 5.87. The van der Waals surface area contributed by atoms with Gasteiger partial charge in [0.2, 0.25) is 0 Å². The lowest BCUT2D eigenvalue weighted by Gasteiger charge is -2.07. The van der Waals surface area contributed by atoms with Crippen LogP contribution in [0.2, 0.25) is 0 Å². The van der Waals surface area contributed by atoms with Crippen molar-refractivity contribution in [1.82, 2.24) is 0 Å². The van der Waals surface area contributed by atoms with Gasteiger partial charge in [0.1, 0.15) is 22.6 Å². The molecule has 1 aromatic heterocycles. The monoisotopic (exact) mass is 293 g/mol. The third-order valence-corrected chi connectivity index (χ3v) is 5.58. The van der Waals surface area contributed by atoms with Crippen molar-refractivity contribution in [2.24, 2.45) is 0 Å². The van der Waals surface area contributed by atoms with Crippen molar-refractivity contribution < 1.29 is 13.2 Å². The molecule has 0 N–H and O–H groups in total. The molecule has 4 nitrogen and oxygen atoms in total. The summed E-state index contributed by atoms with van der Waals surface area (Å²) in [6.45, 7) is 0.0267. The van der Waals surface area contributed by atoms with Crippen molar-refractivity contribution >= 4 is 21.2 Å². The minimum absolute atomic E-state index is 0.0267. The number of para-hydroxylation sites is 1. The Morgan fingerprint density at radius 2 is 2.00 bits per heavy atom. The largest absolute Gasteiger partial charge is 0.491 e. The van der Waals surface area contributed by atoms with E-state index in [-0.39, 0.29) is 12.4 Å². The minimum atomic E-state index is -3.30. The van der Waals surface area contributed by atoms with Crippen LogP contribution in [0.15, 0.2) is 46.0 Å². The molecule has 0 radical (unpaired) electrons. The van der Waals surface area contributed by atoms with Gasteiger partial charge in [-0.15, -0.1) is 11.3 Å². The van der Waals surface area contributed by atoms with Crippen LogP contribution in [0.3, 0.4) is 0 Å². The summed E-state index contributed by atoms with van der Waals surface area (Å²) in [5.74, 6) is 0.305. The zero-order valence-corrected chi connectivity index (χ0v) is 11.6. The van der Waals surface area contributed by atoms with E-state index in [1.807, 2.05) is 6.07 Å². The number of benzene rings is 1. The summed E-state index contributed by atoms with van der Waals surface area (Å²) in [6.07, 6.45) is 0. The standard InChI is InChI=1S/C13H11NO3S2/c14-10-11-4-1-2-5-12(11)17-7-9-19(15,16)13-6-3-8-18-13/h1-6,8H,7,9H2. The highest BCUT2D eigenvalue weighted by atomic mass is 32.2. The van der Waals surface area contributed by atoms with Gasteiger partial charge in [-0.25, -0.2) is 8.42 Å². The molecule has 0 fully saturated rings. The molecule has 0 bridgehead atoms. The number of nitrogens with zero attached hydrogens (tertiary/aromatic N) is 1. The second-order valence-corrected chi connectivity index (χ2v) is 6.99. The Bertz CT molecular complexity index is 685. The van der Waals surface area contributed by atoms with Gasteiger partial charge in [-0.05, 0) is 23.6 Å². The van der Waals surface area contributed by atoms with Gasteiger partial charge in [-0.1, -0.05) is 18.2 Å². The van der Waals surface area contributed by atoms with Gasteiger partial charge in [0.25, 0.3) is 0 Å². The summed E-state index contributed by atoms with van der Waals surface area (Å²) in [5, 5.41) is 10.6. The van der Waals surface area contributed by atoms with E-state index in [1.54, 1.807) is 41.8 Å². The summed E-state index contributed by atoms with van der Waals surface area (Å²) in [7, 11) is -3.30. The Morgan fingerprint density at radius 3 is 2.68 bits per heavy atom. The SMILES string of the molecule is N#Cc1ccccc1OCCS(=O)(=O)c1cccs1. The molecule has 2 aromatic rings. The summed E-state index contributed by atoms with van der Waals surface area (Å²) >= 11 is 1.19. The van der Waals surface area contributed by atoms with Gasteiger partial charge in [0.15, 0.2) is 9.84 Å². The third kappa shape index (κ3) is 3.34. The zero-order chi connectivity index (χ0) is 13.7. The van der Waals surface area contributed by atoms with Crippen LogP contribution in [-0.4, -0.2) is 20.8 Å². The van der Waals surface area contributed by atoms with E-state index < -0.39 is 9.84 Å². The lowest BCUT2D eigenvalue weighted by molar-refractivity contribution is 0.340. The van der Waals surface area contributed by atoms with Gasteiger partial charge < -0.3 is 4.74 Å². The summed E-state index contributed by atoms with van der Waals surface area (Å²) in [6, 6.07) is 12.0. The summed E-state index contributed by atoms with van der Waals surface area (Å²) in [4.78, 5) is 0. The Kier molecular flexibility index (Phi) is 4.20. The van der Waals surface area contributed by atoms with Crippen molar-refractivity contribution in [3.8, 4) is 11.8 Å². The van der Waals surface area contributed by atoms with Crippen molar-refractivity contribution in [3.63, 3.8) is 0 Å². The van der Waals surface area contributed by atoms with Crippen LogP contribution in [-0.2, 0) is 9.84 Å². The number of ether oxygens (including phenoxy) is 1. The lowest BCUT2D eigenvalue weighted by atomic mass is 10.2. The van der Waals surface area contributed by atoms with E-state index >= 15 is 0 Å². The average Bonchev–Trinajstić information content (AvgIpc) is 2.94.